The third-order valence-electron chi connectivity index (χ3n) is 3.39. The Balaban J connectivity index is 1.79. The SMILES string of the molecule is O=C1C[C@@H](CNS(=O)(=O)c2cccs2)c2ccccc2N1. The zero-order valence-corrected chi connectivity index (χ0v) is 12.7. The number of amides is 1. The minimum absolute atomic E-state index is 0.0889. The summed E-state index contributed by atoms with van der Waals surface area (Å²) in [5.74, 6) is -0.237. The molecule has 5 nitrogen and oxygen atoms in total. The highest BCUT2D eigenvalue weighted by atomic mass is 32.2. The van der Waals surface area contributed by atoms with Crippen LogP contribution in [0.25, 0.3) is 0 Å². The van der Waals surface area contributed by atoms with Crippen LogP contribution in [-0.2, 0) is 14.8 Å². The molecule has 1 atom stereocenters. The molecule has 1 aromatic carbocycles. The van der Waals surface area contributed by atoms with E-state index in [1.165, 1.54) is 11.3 Å². The number of rotatable bonds is 4. The predicted octanol–water partition coefficient (Wildman–Crippen LogP) is 2.15. The van der Waals surface area contributed by atoms with Crippen molar-refractivity contribution in [3.8, 4) is 0 Å². The molecular weight excluding hydrogens is 308 g/mol. The number of thiophene rings is 1. The van der Waals surface area contributed by atoms with Crippen LogP contribution in [-0.4, -0.2) is 20.9 Å². The number of hydrogen-bond acceptors (Lipinski definition) is 4. The van der Waals surface area contributed by atoms with Crippen LogP contribution in [0, 0.1) is 0 Å². The van der Waals surface area contributed by atoms with Crippen molar-refractivity contribution in [3.63, 3.8) is 0 Å². The van der Waals surface area contributed by atoms with E-state index in [0.717, 1.165) is 11.3 Å². The fraction of sp³-hybridized carbons (Fsp3) is 0.214. The van der Waals surface area contributed by atoms with Gasteiger partial charge in [-0.3, -0.25) is 4.79 Å². The first kappa shape index (κ1) is 14.2. The summed E-state index contributed by atoms with van der Waals surface area (Å²) in [6.07, 6.45) is 0.282. The molecule has 1 aliphatic heterocycles. The molecule has 0 spiro atoms. The Hall–Kier alpha value is -1.70. The zero-order valence-electron chi connectivity index (χ0n) is 11.1. The molecule has 2 N–H and O–H groups in total. The van der Waals surface area contributed by atoms with Crippen molar-refractivity contribution < 1.29 is 13.2 Å². The van der Waals surface area contributed by atoms with Gasteiger partial charge in [-0.05, 0) is 23.1 Å². The monoisotopic (exact) mass is 322 g/mol. The second-order valence-corrected chi connectivity index (χ2v) is 7.76. The van der Waals surface area contributed by atoms with E-state index < -0.39 is 10.0 Å². The third-order valence-corrected chi connectivity index (χ3v) is 6.21. The number of sulfonamides is 1. The first-order chi connectivity index (χ1) is 10.1. The summed E-state index contributed by atoms with van der Waals surface area (Å²) in [7, 11) is -3.50. The van der Waals surface area contributed by atoms with Crippen molar-refractivity contribution in [1.29, 1.82) is 0 Å². The van der Waals surface area contributed by atoms with E-state index in [1.54, 1.807) is 17.5 Å². The highest BCUT2D eigenvalue weighted by Gasteiger charge is 2.26. The second-order valence-electron chi connectivity index (χ2n) is 4.82. The minimum Gasteiger partial charge on any atom is -0.326 e. The van der Waals surface area contributed by atoms with E-state index in [1.807, 2.05) is 24.3 Å². The lowest BCUT2D eigenvalue weighted by atomic mass is 9.91. The Kier molecular flexibility index (Phi) is 3.79. The molecule has 0 radical (unpaired) electrons. The number of benzene rings is 1. The second kappa shape index (κ2) is 5.59. The molecule has 7 heteroatoms. The van der Waals surface area contributed by atoms with E-state index in [2.05, 4.69) is 10.0 Å². The molecule has 110 valence electrons. The van der Waals surface area contributed by atoms with Crippen molar-refractivity contribution in [2.24, 2.45) is 0 Å². The van der Waals surface area contributed by atoms with E-state index in [9.17, 15) is 13.2 Å². The van der Waals surface area contributed by atoms with Gasteiger partial charge >= 0.3 is 0 Å². The van der Waals surface area contributed by atoms with Crippen molar-refractivity contribution in [3.05, 3.63) is 47.3 Å². The first-order valence-corrected chi connectivity index (χ1v) is 8.84. The number of nitrogens with one attached hydrogen (secondary N) is 2. The van der Waals surface area contributed by atoms with E-state index >= 15 is 0 Å². The maximum absolute atomic E-state index is 12.1. The van der Waals surface area contributed by atoms with Crippen molar-refractivity contribution in [2.75, 3.05) is 11.9 Å². The smallest absolute Gasteiger partial charge is 0.250 e. The van der Waals surface area contributed by atoms with Crippen LogP contribution >= 0.6 is 11.3 Å². The van der Waals surface area contributed by atoms with Gasteiger partial charge in [0.1, 0.15) is 4.21 Å². The van der Waals surface area contributed by atoms with Crippen LogP contribution in [0.4, 0.5) is 5.69 Å². The topological polar surface area (TPSA) is 75.3 Å². The molecule has 1 aliphatic rings. The lowest BCUT2D eigenvalue weighted by Crippen LogP contribution is -2.32. The third kappa shape index (κ3) is 2.99. The average molecular weight is 322 g/mol. The Morgan fingerprint density at radius 3 is 2.81 bits per heavy atom. The number of carbonyl (C=O) groups excluding carboxylic acids is 1. The van der Waals surface area contributed by atoms with Crippen LogP contribution < -0.4 is 10.0 Å². The maximum atomic E-state index is 12.1. The van der Waals surface area contributed by atoms with Crippen LogP contribution in [0.15, 0.2) is 46.0 Å². The van der Waals surface area contributed by atoms with Gasteiger partial charge in [0.25, 0.3) is 0 Å². The molecule has 0 bridgehead atoms. The Labute approximate surface area is 127 Å². The largest absolute Gasteiger partial charge is 0.326 e. The predicted molar refractivity (Wildman–Crippen MR) is 81.9 cm³/mol. The van der Waals surface area contributed by atoms with E-state index in [4.69, 9.17) is 0 Å². The van der Waals surface area contributed by atoms with Crippen LogP contribution in [0.2, 0.25) is 0 Å². The molecule has 21 heavy (non-hydrogen) atoms. The van der Waals surface area contributed by atoms with Gasteiger partial charge in [-0.1, -0.05) is 24.3 Å². The van der Waals surface area contributed by atoms with Gasteiger partial charge in [0.05, 0.1) is 0 Å². The molecule has 0 saturated heterocycles. The van der Waals surface area contributed by atoms with Crippen molar-refractivity contribution in [1.82, 2.24) is 4.72 Å². The molecule has 0 fully saturated rings. The van der Waals surface area contributed by atoms with Gasteiger partial charge in [-0.2, -0.15) is 0 Å². The first-order valence-electron chi connectivity index (χ1n) is 6.48. The van der Waals surface area contributed by atoms with Crippen LogP contribution in [0.3, 0.4) is 0 Å². The Morgan fingerprint density at radius 1 is 1.24 bits per heavy atom. The molecular formula is C14H14N2O3S2. The highest BCUT2D eigenvalue weighted by molar-refractivity contribution is 7.91. The van der Waals surface area contributed by atoms with Gasteiger partial charge in [0, 0.05) is 24.6 Å². The number of anilines is 1. The van der Waals surface area contributed by atoms with Gasteiger partial charge in [-0.25, -0.2) is 13.1 Å². The number of para-hydroxylation sites is 1. The summed E-state index contributed by atoms with van der Waals surface area (Å²) < 4.78 is 27.1. The molecule has 3 rings (SSSR count). The quantitative estimate of drug-likeness (QED) is 0.905. The lowest BCUT2D eigenvalue weighted by molar-refractivity contribution is -0.116. The van der Waals surface area contributed by atoms with Crippen molar-refractivity contribution in [2.45, 2.75) is 16.5 Å². The van der Waals surface area contributed by atoms with Gasteiger partial charge in [0.15, 0.2) is 0 Å². The van der Waals surface area contributed by atoms with E-state index in [0.29, 0.717) is 0 Å². The highest BCUT2D eigenvalue weighted by Crippen LogP contribution is 2.31. The summed E-state index contributed by atoms with van der Waals surface area (Å²) in [4.78, 5) is 11.7. The normalized spacial score (nSPS) is 18.1. The summed E-state index contributed by atoms with van der Waals surface area (Å²) in [5.41, 5.74) is 1.72. The summed E-state index contributed by atoms with van der Waals surface area (Å²) in [6, 6.07) is 10.7. The summed E-state index contributed by atoms with van der Waals surface area (Å²) in [6.45, 7) is 0.213. The number of hydrogen-bond donors (Lipinski definition) is 2. The summed E-state index contributed by atoms with van der Waals surface area (Å²) in [5, 5.41) is 4.52. The molecule has 2 aromatic rings. The van der Waals surface area contributed by atoms with Crippen LogP contribution in [0.5, 0.6) is 0 Å². The Bertz CT molecular complexity index is 754. The number of fused-ring (bicyclic) bond motifs is 1. The molecule has 2 heterocycles. The van der Waals surface area contributed by atoms with E-state index in [-0.39, 0.29) is 29.0 Å². The fourth-order valence-electron chi connectivity index (χ4n) is 2.38. The fourth-order valence-corrected chi connectivity index (χ4v) is 4.50. The zero-order chi connectivity index (χ0) is 14.9. The molecule has 0 unspecified atom stereocenters. The average Bonchev–Trinajstić information content (AvgIpc) is 2.99. The van der Waals surface area contributed by atoms with Gasteiger partial charge in [-0.15, -0.1) is 11.3 Å². The van der Waals surface area contributed by atoms with Gasteiger partial charge in [0.2, 0.25) is 15.9 Å². The van der Waals surface area contributed by atoms with Crippen molar-refractivity contribution >= 4 is 33.0 Å². The molecule has 0 aliphatic carbocycles. The summed E-state index contributed by atoms with van der Waals surface area (Å²) >= 11 is 1.17. The molecule has 1 aromatic heterocycles. The number of carbonyl (C=O) groups is 1. The molecule has 1 amide bonds. The van der Waals surface area contributed by atoms with Gasteiger partial charge < -0.3 is 5.32 Å². The maximum Gasteiger partial charge on any atom is 0.250 e. The minimum atomic E-state index is -3.50. The Morgan fingerprint density at radius 2 is 2.05 bits per heavy atom. The van der Waals surface area contributed by atoms with Crippen LogP contribution in [0.1, 0.15) is 17.9 Å². The lowest BCUT2D eigenvalue weighted by Gasteiger charge is -2.25. The standard InChI is InChI=1S/C14H14N2O3S2/c17-13-8-10(11-4-1-2-5-12(11)16-13)9-15-21(18,19)14-6-3-7-20-14/h1-7,10,15H,8-9H2,(H,16,17)/t10-/m0/s1. The molecule has 0 saturated carbocycles.